The topological polar surface area (TPSA) is 59.2 Å². The summed E-state index contributed by atoms with van der Waals surface area (Å²) in [4.78, 5) is 13.8. The summed E-state index contributed by atoms with van der Waals surface area (Å²) in [6, 6.07) is 7.66. The van der Waals surface area contributed by atoms with Crippen LogP contribution in [0.2, 0.25) is 0 Å². The summed E-state index contributed by atoms with van der Waals surface area (Å²) < 4.78 is 6.50. The number of rotatable bonds is 4. The first-order chi connectivity index (χ1) is 10.2. The summed E-state index contributed by atoms with van der Waals surface area (Å²) in [5, 5.41) is 8.44. The van der Waals surface area contributed by atoms with Gasteiger partial charge in [-0.05, 0) is 40.9 Å². The highest BCUT2D eigenvalue weighted by molar-refractivity contribution is 9.10. The number of thioether (sulfide) groups is 1. The van der Waals surface area contributed by atoms with Gasteiger partial charge in [0.1, 0.15) is 0 Å². The number of likely N-dealkylation sites (tertiary alicyclic amines) is 1. The van der Waals surface area contributed by atoms with Crippen LogP contribution < -0.4 is 0 Å². The number of benzene rings is 1. The lowest BCUT2D eigenvalue weighted by molar-refractivity contribution is -0.127. The molecule has 0 saturated carbocycles. The van der Waals surface area contributed by atoms with Gasteiger partial charge in [-0.2, -0.15) is 0 Å². The standard InChI is InChI=1S/C14H14BrN3O2S/c15-11-6-2-1-5-10(11)13-16-17-14(20-13)21-9-12(19)18-7-3-4-8-18/h1-2,5-6H,3-4,7-9H2. The van der Waals surface area contributed by atoms with Crippen LogP contribution in [-0.4, -0.2) is 39.8 Å². The zero-order valence-corrected chi connectivity index (χ0v) is 13.7. The number of nitrogens with zero attached hydrogens (tertiary/aromatic N) is 3. The Balaban J connectivity index is 1.63. The lowest BCUT2D eigenvalue weighted by atomic mass is 10.2. The zero-order chi connectivity index (χ0) is 14.7. The number of carbonyl (C=O) groups excluding carboxylic acids is 1. The first-order valence-electron chi connectivity index (χ1n) is 6.73. The van der Waals surface area contributed by atoms with E-state index in [0.717, 1.165) is 36.0 Å². The summed E-state index contributed by atoms with van der Waals surface area (Å²) >= 11 is 4.74. The third-order valence-electron chi connectivity index (χ3n) is 3.29. The molecular weight excluding hydrogens is 354 g/mol. The van der Waals surface area contributed by atoms with Crippen LogP contribution in [0.5, 0.6) is 0 Å². The van der Waals surface area contributed by atoms with Crippen LogP contribution in [0.1, 0.15) is 12.8 Å². The van der Waals surface area contributed by atoms with E-state index in [1.807, 2.05) is 29.2 Å². The van der Waals surface area contributed by atoms with Crippen LogP contribution in [0.4, 0.5) is 0 Å². The van der Waals surface area contributed by atoms with Gasteiger partial charge in [0.25, 0.3) is 5.22 Å². The molecule has 5 nitrogen and oxygen atoms in total. The van der Waals surface area contributed by atoms with Gasteiger partial charge in [-0.25, -0.2) is 0 Å². The van der Waals surface area contributed by atoms with Crippen molar-refractivity contribution < 1.29 is 9.21 Å². The minimum absolute atomic E-state index is 0.137. The Labute approximate surface area is 135 Å². The van der Waals surface area contributed by atoms with Crippen molar-refractivity contribution >= 4 is 33.6 Å². The summed E-state index contributed by atoms with van der Waals surface area (Å²) in [5.74, 6) is 0.939. The van der Waals surface area contributed by atoms with Gasteiger partial charge in [0.15, 0.2) is 0 Å². The molecule has 0 bridgehead atoms. The molecule has 1 saturated heterocycles. The molecule has 1 fully saturated rings. The summed E-state index contributed by atoms with van der Waals surface area (Å²) in [6.45, 7) is 1.73. The van der Waals surface area contributed by atoms with Crippen molar-refractivity contribution in [2.75, 3.05) is 18.8 Å². The van der Waals surface area contributed by atoms with Crippen molar-refractivity contribution in [2.24, 2.45) is 0 Å². The first-order valence-corrected chi connectivity index (χ1v) is 8.51. The highest BCUT2D eigenvalue weighted by Gasteiger charge is 2.19. The Morgan fingerprint density at radius 3 is 2.81 bits per heavy atom. The summed E-state index contributed by atoms with van der Waals surface area (Å²) in [5.41, 5.74) is 0.850. The highest BCUT2D eigenvalue weighted by Crippen LogP contribution is 2.29. The van der Waals surface area contributed by atoms with Gasteiger partial charge >= 0.3 is 0 Å². The van der Waals surface area contributed by atoms with E-state index >= 15 is 0 Å². The van der Waals surface area contributed by atoms with Gasteiger partial charge < -0.3 is 9.32 Å². The molecule has 0 atom stereocenters. The van der Waals surface area contributed by atoms with Crippen LogP contribution in [0.25, 0.3) is 11.5 Å². The largest absolute Gasteiger partial charge is 0.411 e. The molecule has 21 heavy (non-hydrogen) atoms. The average molecular weight is 368 g/mol. The van der Waals surface area contributed by atoms with E-state index in [9.17, 15) is 4.79 Å². The van der Waals surface area contributed by atoms with Crippen LogP contribution in [0.15, 0.2) is 38.4 Å². The summed E-state index contributed by atoms with van der Waals surface area (Å²) in [7, 11) is 0. The van der Waals surface area contributed by atoms with Gasteiger partial charge in [-0.1, -0.05) is 23.9 Å². The van der Waals surface area contributed by atoms with E-state index in [1.165, 1.54) is 11.8 Å². The molecule has 7 heteroatoms. The van der Waals surface area contributed by atoms with Crippen molar-refractivity contribution in [3.8, 4) is 11.5 Å². The minimum atomic E-state index is 0.137. The summed E-state index contributed by atoms with van der Waals surface area (Å²) in [6.07, 6.45) is 2.20. The molecule has 0 unspecified atom stereocenters. The maximum absolute atomic E-state index is 12.0. The van der Waals surface area contributed by atoms with Crippen molar-refractivity contribution in [3.63, 3.8) is 0 Å². The maximum Gasteiger partial charge on any atom is 0.277 e. The van der Waals surface area contributed by atoms with Gasteiger partial charge in [-0.3, -0.25) is 4.79 Å². The van der Waals surface area contributed by atoms with Crippen LogP contribution in [0, 0.1) is 0 Å². The molecule has 1 aliphatic heterocycles. The van der Waals surface area contributed by atoms with E-state index in [0.29, 0.717) is 16.9 Å². The van der Waals surface area contributed by atoms with Gasteiger partial charge in [0, 0.05) is 17.6 Å². The Morgan fingerprint density at radius 1 is 1.29 bits per heavy atom. The van der Waals surface area contributed by atoms with Crippen LogP contribution in [-0.2, 0) is 4.79 Å². The SMILES string of the molecule is O=C(CSc1nnc(-c2ccccc2Br)o1)N1CCCC1. The second-order valence-corrected chi connectivity index (χ2v) is 6.51. The number of aromatic nitrogens is 2. The van der Waals surface area contributed by atoms with Gasteiger partial charge in [0.05, 0.1) is 11.3 Å². The molecular formula is C14H14BrN3O2S. The molecule has 1 aliphatic rings. The molecule has 110 valence electrons. The normalized spacial score (nSPS) is 14.6. The van der Waals surface area contributed by atoms with E-state index in [4.69, 9.17) is 4.42 Å². The quantitative estimate of drug-likeness (QED) is 0.776. The fraction of sp³-hybridized carbons (Fsp3) is 0.357. The Morgan fingerprint density at radius 2 is 2.05 bits per heavy atom. The third kappa shape index (κ3) is 3.47. The predicted molar refractivity (Wildman–Crippen MR) is 84.0 cm³/mol. The number of hydrogen-bond acceptors (Lipinski definition) is 5. The smallest absolute Gasteiger partial charge is 0.277 e. The van der Waals surface area contributed by atoms with Crippen molar-refractivity contribution in [2.45, 2.75) is 18.1 Å². The molecule has 0 radical (unpaired) electrons. The lowest BCUT2D eigenvalue weighted by Gasteiger charge is -2.13. The number of halogens is 1. The number of carbonyl (C=O) groups is 1. The minimum Gasteiger partial charge on any atom is -0.411 e. The maximum atomic E-state index is 12.0. The number of hydrogen-bond donors (Lipinski definition) is 0. The fourth-order valence-corrected chi connectivity index (χ4v) is 3.31. The third-order valence-corrected chi connectivity index (χ3v) is 4.78. The Kier molecular flexibility index (Phi) is 4.60. The molecule has 1 aromatic carbocycles. The lowest BCUT2D eigenvalue weighted by Crippen LogP contribution is -2.29. The molecule has 3 rings (SSSR count). The monoisotopic (exact) mass is 367 g/mol. The van der Waals surface area contributed by atoms with Crippen LogP contribution >= 0.6 is 27.7 Å². The van der Waals surface area contributed by atoms with E-state index in [1.54, 1.807) is 0 Å². The van der Waals surface area contributed by atoms with Crippen molar-refractivity contribution in [1.29, 1.82) is 0 Å². The van der Waals surface area contributed by atoms with E-state index < -0.39 is 0 Å². The molecule has 2 heterocycles. The molecule has 1 aromatic heterocycles. The second kappa shape index (κ2) is 6.62. The average Bonchev–Trinajstić information content (AvgIpc) is 3.17. The molecule has 0 aliphatic carbocycles. The molecule has 1 amide bonds. The van der Waals surface area contributed by atoms with Gasteiger partial charge in [-0.15, -0.1) is 10.2 Å². The Bertz CT molecular complexity index is 641. The van der Waals surface area contributed by atoms with Gasteiger partial charge in [0.2, 0.25) is 11.8 Å². The molecule has 0 spiro atoms. The second-order valence-electron chi connectivity index (χ2n) is 4.73. The van der Waals surface area contributed by atoms with E-state index in [2.05, 4.69) is 26.1 Å². The first kappa shape index (κ1) is 14.6. The van der Waals surface area contributed by atoms with Crippen molar-refractivity contribution in [3.05, 3.63) is 28.7 Å². The van der Waals surface area contributed by atoms with Crippen LogP contribution in [0.3, 0.4) is 0 Å². The fourth-order valence-electron chi connectivity index (χ4n) is 2.19. The predicted octanol–water partition coefficient (Wildman–Crippen LogP) is 3.21. The molecule has 0 N–H and O–H groups in total. The molecule has 2 aromatic rings. The van der Waals surface area contributed by atoms with Crippen molar-refractivity contribution in [1.82, 2.24) is 15.1 Å². The number of amides is 1. The van der Waals surface area contributed by atoms with E-state index in [-0.39, 0.29) is 5.91 Å². The zero-order valence-electron chi connectivity index (χ0n) is 11.3. The Hall–Kier alpha value is -1.34. The highest BCUT2D eigenvalue weighted by atomic mass is 79.9.